The number of hydrogen-bond donors (Lipinski definition) is 1. The Balaban J connectivity index is 2.31. The molecule has 0 aliphatic carbocycles. The van der Waals surface area contributed by atoms with Crippen LogP contribution in [0.25, 0.3) is 0 Å². The number of carbonyl (C=O) groups is 1. The number of nitrogens with zero attached hydrogens (tertiary/aromatic N) is 1. The zero-order valence-electron chi connectivity index (χ0n) is 9.60. The van der Waals surface area contributed by atoms with E-state index >= 15 is 0 Å². The molecule has 0 spiro atoms. The van der Waals surface area contributed by atoms with Crippen molar-refractivity contribution in [1.29, 1.82) is 0 Å². The molecule has 1 aromatic carbocycles. The molecule has 1 unspecified atom stereocenters. The van der Waals surface area contributed by atoms with Crippen LogP contribution in [0.5, 0.6) is 0 Å². The Hall–Kier alpha value is -1.63. The molecule has 1 aromatic rings. The Morgan fingerprint density at radius 2 is 2.39 bits per heavy atom. The highest BCUT2D eigenvalue weighted by Gasteiger charge is 2.33. The largest absolute Gasteiger partial charge is 0.464 e. The van der Waals surface area contributed by atoms with Gasteiger partial charge in [-0.25, -0.2) is 4.79 Å². The first-order valence-electron chi connectivity index (χ1n) is 5.43. The molecule has 18 heavy (non-hydrogen) atoms. The molecule has 0 saturated heterocycles. The van der Waals surface area contributed by atoms with Crippen molar-refractivity contribution >= 4 is 33.3 Å². The van der Waals surface area contributed by atoms with Crippen LogP contribution in [0.3, 0.4) is 0 Å². The maximum atomic E-state index is 11.6. The quantitative estimate of drug-likeness (QED) is 0.525. The van der Waals surface area contributed by atoms with Gasteiger partial charge in [0.05, 0.1) is 11.5 Å². The number of anilines is 1. The number of nitro benzene ring substituents is 1. The van der Waals surface area contributed by atoms with Crippen LogP contribution in [-0.4, -0.2) is 23.5 Å². The summed E-state index contributed by atoms with van der Waals surface area (Å²) in [6, 6.07) is 2.64. The normalized spacial score (nSPS) is 16.9. The summed E-state index contributed by atoms with van der Waals surface area (Å²) in [5.41, 5.74) is 1.11. The van der Waals surface area contributed by atoms with Crippen LogP contribution < -0.4 is 5.32 Å². The number of esters is 1. The minimum Gasteiger partial charge on any atom is -0.464 e. The summed E-state index contributed by atoms with van der Waals surface area (Å²) in [4.78, 5) is 22.1. The lowest BCUT2D eigenvalue weighted by Gasteiger charge is -2.09. The van der Waals surface area contributed by atoms with Crippen molar-refractivity contribution in [1.82, 2.24) is 0 Å². The lowest BCUT2D eigenvalue weighted by molar-refractivity contribution is -0.384. The molecule has 1 N–H and O–H groups in total. The van der Waals surface area contributed by atoms with Gasteiger partial charge in [0, 0.05) is 17.0 Å². The van der Waals surface area contributed by atoms with E-state index in [0.29, 0.717) is 23.2 Å². The fraction of sp³-hybridized carbons (Fsp3) is 0.364. The average molecular weight is 315 g/mol. The van der Waals surface area contributed by atoms with Gasteiger partial charge in [0.25, 0.3) is 5.69 Å². The van der Waals surface area contributed by atoms with Crippen molar-refractivity contribution in [3.63, 3.8) is 0 Å². The second-order valence-electron chi connectivity index (χ2n) is 3.87. The topological polar surface area (TPSA) is 81.5 Å². The van der Waals surface area contributed by atoms with Gasteiger partial charge in [-0.1, -0.05) is 15.9 Å². The summed E-state index contributed by atoms with van der Waals surface area (Å²) < 4.78 is 5.53. The lowest BCUT2D eigenvalue weighted by atomic mass is 10.1. The van der Waals surface area contributed by atoms with Gasteiger partial charge in [0.2, 0.25) is 0 Å². The molecular formula is C11H11BrN2O4. The standard InChI is InChI=1S/C11H11BrN2O4/c1-2-18-11(15)8-4-6-3-7(12)5-9(14(16)17)10(6)13-8/h3,5,8,13H,2,4H2,1H3. The number of fused-ring (bicyclic) bond motifs is 1. The fourth-order valence-corrected chi connectivity index (χ4v) is 2.44. The van der Waals surface area contributed by atoms with Crippen LogP contribution in [-0.2, 0) is 16.0 Å². The Morgan fingerprint density at radius 1 is 1.67 bits per heavy atom. The third kappa shape index (κ3) is 2.31. The summed E-state index contributed by atoms with van der Waals surface area (Å²) in [6.45, 7) is 2.01. The molecule has 1 aliphatic heterocycles. The number of carbonyl (C=O) groups excluding carboxylic acids is 1. The second kappa shape index (κ2) is 4.93. The smallest absolute Gasteiger partial charge is 0.328 e. The number of ether oxygens (including phenoxy) is 1. The predicted molar refractivity (Wildman–Crippen MR) is 68.5 cm³/mol. The molecule has 7 heteroatoms. The van der Waals surface area contributed by atoms with Crippen molar-refractivity contribution in [2.75, 3.05) is 11.9 Å². The van der Waals surface area contributed by atoms with Crippen molar-refractivity contribution in [2.24, 2.45) is 0 Å². The first kappa shape index (κ1) is 12.8. The van der Waals surface area contributed by atoms with Gasteiger partial charge in [0.1, 0.15) is 11.7 Å². The maximum absolute atomic E-state index is 11.6. The molecule has 0 bridgehead atoms. The number of halogens is 1. The zero-order valence-corrected chi connectivity index (χ0v) is 11.2. The van der Waals surface area contributed by atoms with Crippen LogP contribution in [0.1, 0.15) is 12.5 Å². The maximum Gasteiger partial charge on any atom is 0.328 e. The molecule has 1 atom stereocenters. The average Bonchev–Trinajstić information content (AvgIpc) is 2.71. The summed E-state index contributed by atoms with van der Waals surface area (Å²) in [6.07, 6.45) is 0.397. The first-order valence-corrected chi connectivity index (χ1v) is 6.22. The van der Waals surface area contributed by atoms with Gasteiger partial charge in [-0.2, -0.15) is 0 Å². The van der Waals surface area contributed by atoms with Crippen molar-refractivity contribution in [3.8, 4) is 0 Å². The van der Waals surface area contributed by atoms with E-state index in [1.165, 1.54) is 6.07 Å². The van der Waals surface area contributed by atoms with E-state index in [-0.39, 0.29) is 11.7 Å². The van der Waals surface area contributed by atoms with Gasteiger partial charge < -0.3 is 10.1 Å². The van der Waals surface area contributed by atoms with Crippen LogP contribution in [0.2, 0.25) is 0 Å². The van der Waals surface area contributed by atoms with E-state index in [2.05, 4.69) is 21.2 Å². The molecule has 0 radical (unpaired) electrons. The lowest BCUT2D eigenvalue weighted by Crippen LogP contribution is -2.29. The number of rotatable bonds is 3. The Bertz CT molecular complexity index is 518. The van der Waals surface area contributed by atoms with E-state index in [1.54, 1.807) is 13.0 Å². The Morgan fingerprint density at radius 3 is 3.00 bits per heavy atom. The van der Waals surface area contributed by atoms with E-state index in [1.807, 2.05) is 0 Å². The monoisotopic (exact) mass is 314 g/mol. The summed E-state index contributed by atoms with van der Waals surface area (Å²) in [5, 5.41) is 13.8. The molecule has 1 aliphatic rings. The highest BCUT2D eigenvalue weighted by Crippen LogP contribution is 2.37. The van der Waals surface area contributed by atoms with Crippen molar-refractivity contribution < 1.29 is 14.5 Å². The van der Waals surface area contributed by atoms with E-state index in [0.717, 1.165) is 5.56 Å². The molecule has 0 aromatic heterocycles. The van der Waals surface area contributed by atoms with Crippen LogP contribution in [0.4, 0.5) is 11.4 Å². The first-order chi connectivity index (χ1) is 8.52. The van der Waals surface area contributed by atoms with Gasteiger partial charge in [-0.05, 0) is 18.6 Å². The summed E-state index contributed by atoms with van der Waals surface area (Å²) >= 11 is 3.22. The summed E-state index contributed by atoms with van der Waals surface area (Å²) in [5.74, 6) is -0.390. The van der Waals surface area contributed by atoms with E-state index < -0.39 is 11.0 Å². The van der Waals surface area contributed by atoms with Gasteiger partial charge >= 0.3 is 5.97 Å². The van der Waals surface area contributed by atoms with Gasteiger partial charge in [0.15, 0.2) is 0 Å². The Kier molecular flexibility index (Phi) is 3.51. The number of hydrogen-bond acceptors (Lipinski definition) is 5. The third-order valence-corrected chi connectivity index (χ3v) is 3.13. The molecule has 6 nitrogen and oxygen atoms in total. The minimum atomic E-state index is -0.548. The highest BCUT2D eigenvalue weighted by molar-refractivity contribution is 9.10. The number of nitro groups is 1. The predicted octanol–water partition coefficient (Wildman–Crippen LogP) is 2.26. The van der Waals surface area contributed by atoms with E-state index in [4.69, 9.17) is 4.74 Å². The highest BCUT2D eigenvalue weighted by atomic mass is 79.9. The van der Waals surface area contributed by atoms with Crippen LogP contribution >= 0.6 is 15.9 Å². The van der Waals surface area contributed by atoms with Crippen LogP contribution in [0, 0.1) is 10.1 Å². The van der Waals surface area contributed by atoms with E-state index in [9.17, 15) is 14.9 Å². The molecule has 0 fully saturated rings. The van der Waals surface area contributed by atoms with Crippen molar-refractivity contribution in [3.05, 3.63) is 32.3 Å². The molecule has 96 valence electrons. The molecule has 1 heterocycles. The number of benzene rings is 1. The molecule has 0 saturated carbocycles. The van der Waals surface area contributed by atoms with Gasteiger partial charge in [-0.3, -0.25) is 10.1 Å². The second-order valence-corrected chi connectivity index (χ2v) is 4.78. The van der Waals surface area contributed by atoms with Crippen molar-refractivity contribution in [2.45, 2.75) is 19.4 Å². The zero-order chi connectivity index (χ0) is 13.3. The Labute approximate surface area is 112 Å². The third-order valence-electron chi connectivity index (χ3n) is 2.67. The SMILES string of the molecule is CCOC(=O)C1Cc2cc(Br)cc([N+](=O)[O-])c2N1. The molecule has 0 amide bonds. The molecular weight excluding hydrogens is 304 g/mol. The fourth-order valence-electron chi connectivity index (χ4n) is 1.95. The van der Waals surface area contributed by atoms with Crippen LogP contribution in [0.15, 0.2) is 16.6 Å². The minimum absolute atomic E-state index is 0.0360. The molecule has 2 rings (SSSR count). The number of nitrogens with one attached hydrogen (secondary N) is 1. The van der Waals surface area contributed by atoms with Gasteiger partial charge in [-0.15, -0.1) is 0 Å². The summed E-state index contributed by atoms with van der Waals surface area (Å²) in [7, 11) is 0.